The van der Waals surface area contributed by atoms with Crippen LogP contribution in [0.3, 0.4) is 0 Å². The summed E-state index contributed by atoms with van der Waals surface area (Å²) in [7, 11) is -3.17. The predicted octanol–water partition coefficient (Wildman–Crippen LogP) is 3.61. The van der Waals surface area contributed by atoms with E-state index in [4.69, 9.17) is 9.47 Å². The molecule has 1 saturated heterocycles. The third kappa shape index (κ3) is 7.54. The lowest BCUT2D eigenvalue weighted by Crippen LogP contribution is -2.53. The van der Waals surface area contributed by atoms with Crippen LogP contribution in [0.25, 0.3) is 0 Å². The highest BCUT2D eigenvalue weighted by molar-refractivity contribution is 7.90. The van der Waals surface area contributed by atoms with Gasteiger partial charge < -0.3 is 14.4 Å². The summed E-state index contributed by atoms with van der Waals surface area (Å²) in [6.07, 6.45) is 5.48. The van der Waals surface area contributed by atoms with E-state index in [2.05, 4.69) is 4.90 Å². The Morgan fingerprint density at radius 1 is 1.03 bits per heavy atom. The molecular formula is C22H35ClN2O5S. The fourth-order valence-corrected chi connectivity index (χ4v) is 4.85. The average Bonchev–Trinajstić information content (AvgIpc) is 2.72. The average molecular weight is 475 g/mol. The van der Waals surface area contributed by atoms with E-state index in [9.17, 15) is 13.2 Å². The van der Waals surface area contributed by atoms with Gasteiger partial charge in [0.05, 0.1) is 17.6 Å². The summed E-state index contributed by atoms with van der Waals surface area (Å²) in [5.41, 5.74) is 0. The molecule has 9 heteroatoms. The Bertz CT molecular complexity index is 800. The Hall–Kier alpha value is -1.51. The van der Waals surface area contributed by atoms with Gasteiger partial charge in [0.2, 0.25) is 0 Å². The number of nitrogens with zero attached hydrogens (tertiary/aromatic N) is 2. The van der Waals surface area contributed by atoms with E-state index in [0.717, 1.165) is 51.9 Å². The fourth-order valence-electron chi connectivity index (χ4n) is 4.22. The van der Waals surface area contributed by atoms with Crippen molar-refractivity contribution in [3.05, 3.63) is 24.3 Å². The molecular weight excluding hydrogens is 440 g/mol. The van der Waals surface area contributed by atoms with Gasteiger partial charge in [-0.3, -0.25) is 4.90 Å². The quantitative estimate of drug-likeness (QED) is 0.626. The number of amides is 1. The molecule has 176 valence electrons. The number of hydrogen-bond donors (Lipinski definition) is 0. The largest absolute Gasteiger partial charge is 0.493 e. The van der Waals surface area contributed by atoms with Crippen LogP contribution in [-0.2, 0) is 14.6 Å². The fraction of sp³-hybridized carbons (Fsp3) is 0.682. The third-order valence-corrected chi connectivity index (χ3v) is 7.11. The molecule has 1 aromatic carbocycles. The van der Waals surface area contributed by atoms with E-state index >= 15 is 0 Å². The molecule has 1 aliphatic carbocycles. The van der Waals surface area contributed by atoms with Crippen molar-refractivity contribution < 1.29 is 22.7 Å². The van der Waals surface area contributed by atoms with Crippen LogP contribution in [0.4, 0.5) is 4.79 Å². The first-order chi connectivity index (χ1) is 14.2. The predicted molar refractivity (Wildman–Crippen MR) is 123 cm³/mol. The van der Waals surface area contributed by atoms with Gasteiger partial charge in [-0.05, 0) is 69.7 Å². The minimum Gasteiger partial charge on any atom is -0.493 e. The summed E-state index contributed by atoms with van der Waals surface area (Å²) < 4.78 is 34.3. The van der Waals surface area contributed by atoms with Gasteiger partial charge in [-0.1, -0.05) is 0 Å². The van der Waals surface area contributed by atoms with Gasteiger partial charge in [-0.25, -0.2) is 13.2 Å². The highest BCUT2D eigenvalue weighted by atomic mass is 35.5. The molecule has 1 aromatic rings. The molecule has 3 rings (SSSR count). The van der Waals surface area contributed by atoms with Crippen LogP contribution < -0.4 is 4.74 Å². The van der Waals surface area contributed by atoms with Gasteiger partial charge in [0, 0.05) is 38.5 Å². The van der Waals surface area contributed by atoms with Gasteiger partial charge in [0.1, 0.15) is 5.75 Å². The van der Waals surface area contributed by atoms with Gasteiger partial charge in [-0.2, -0.15) is 0 Å². The number of piperazine rings is 1. The summed E-state index contributed by atoms with van der Waals surface area (Å²) in [6.45, 7) is 7.70. The number of carbonyl (C=O) groups is 1. The van der Waals surface area contributed by atoms with Gasteiger partial charge in [-0.15, -0.1) is 12.4 Å². The molecule has 1 aliphatic heterocycles. The van der Waals surface area contributed by atoms with E-state index in [1.54, 1.807) is 24.3 Å². The second kappa shape index (κ2) is 11.4. The molecule has 0 unspecified atom stereocenters. The van der Waals surface area contributed by atoms with Gasteiger partial charge in [0.15, 0.2) is 9.84 Å². The lowest BCUT2D eigenvalue weighted by molar-refractivity contribution is 0.0378. The van der Waals surface area contributed by atoms with Gasteiger partial charge in [0.25, 0.3) is 0 Å². The highest BCUT2D eigenvalue weighted by Crippen LogP contribution is 2.29. The molecule has 7 nitrogen and oxygen atoms in total. The van der Waals surface area contributed by atoms with Crippen LogP contribution in [0.5, 0.6) is 5.75 Å². The van der Waals surface area contributed by atoms with E-state index in [0.29, 0.717) is 29.2 Å². The first-order valence-electron chi connectivity index (χ1n) is 10.8. The standard InChI is InChI=1S/C22H34N2O5S.ClH/c1-17(2)29-22(25)24-14-12-23(13-15-24)19-6-4-18(5-7-19)16-28-20-8-10-21(11-9-20)30(3,26)27;/h8-11,17-19H,4-7,12-16H2,1-3H3;1H/t18-,19-;. The summed E-state index contributed by atoms with van der Waals surface area (Å²) in [5, 5.41) is 0. The Morgan fingerprint density at radius 3 is 2.13 bits per heavy atom. The topological polar surface area (TPSA) is 76.2 Å². The zero-order chi connectivity index (χ0) is 21.7. The van der Waals surface area contributed by atoms with Gasteiger partial charge >= 0.3 is 6.09 Å². The molecule has 1 saturated carbocycles. The summed E-state index contributed by atoms with van der Waals surface area (Å²) >= 11 is 0. The summed E-state index contributed by atoms with van der Waals surface area (Å²) in [6, 6.07) is 7.23. The number of sulfone groups is 1. The summed E-state index contributed by atoms with van der Waals surface area (Å²) in [5.74, 6) is 1.24. The number of carbonyl (C=O) groups excluding carboxylic acids is 1. The number of rotatable bonds is 6. The molecule has 2 fully saturated rings. The maximum Gasteiger partial charge on any atom is 0.410 e. The monoisotopic (exact) mass is 474 g/mol. The SMILES string of the molecule is CC(C)OC(=O)N1CCN([C@H]2CC[C@H](COc3ccc(S(C)(=O)=O)cc3)CC2)CC1.Cl. The van der Waals surface area contributed by atoms with Crippen LogP contribution in [0.1, 0.15) is 39.5 Å². The highest BCUT2D eigenvalue weighted by Gasteiger charge is 2.30. The van der Waals surface area contributed by atoms with Crippen LogP contribution in [0.2, 0.25) is 0 Å². The Morgan fingerprint density at radius 2 is 1.61 bits per heavy atom. The number of halogens is 1. The normalized spacial score (nSPS) is 22.6. The second-order valence-corrected chi connectivity index (χ2v) is 10.7. The van der Waals surface area contributed by atoms with Crippen molar-refractivity contribution in [3.8, 4) is 5.75 Å². The van der Waals surface area contributed by atoms with Crippen molar-refractivity contribution in [1.29, 1.82) is 0 Å². The second-order valence-electron chi connectivity index (χ2n) is 8.68. The summed E-state index contributed by atoms with van der Waals surface area (Å²) in [4.78, 5) is 16.7. The maximum atomic E-state index is 12.0. The molecule has 0 N–H and O–H groups in total. The third-order valence-electron chi connectivity index (χ3n) is 5.98. The van der Waals surface area contributed by atoms with Crippen LogP contribution >= 0.6 is 12.4 Å². The molecule has 0 bridgehead atoms. The zero-order valence-electron chi connectivity index (χ0n) is 18.7. The molecule has 1 amide bonds. The van der Waals surface area contributed by atoms with Crippen LogP contribution in [0, 0.1) is 5.92 Å². The lowest BCUT2D eigenvalue weighted by atomic mass is 9.85. The lowest BCUT2D eigenvalue weighted by Gasteiger charge is -2.41. The van der Waals surface area contributed by atoms with E-state index in [1.807, 2.05) is 18.7 Å². The van der Waals surface area contributed by atoms with Crippen molar-refractivity contribution in [2.75, 3.05) is 39.0 Å². The molecule has 0 atom stereocenters. The van der Waals surface area contributed by atoms with Crippen molar-refractivity contribution in [1.82, 2.24) is 9.80 Å². The van der Waals surface area contributed by atoms with Crippen molar-refractivity contribution in [3.63, 3.8) is 0 Å². The van der Waals surface area contributed by atoms with Crippen molar-refractivity contribution >= 4 is 28.3 Å². The number of hydrogen-bond acceptors (Lipinski definition) is 6. The zero-order valence-corrected chi connectivity index (χ0v) is 20.3. The number of ether oxygens (including phenoxy) is 2. The Balaban J connectivity index is 0.00000341. The van der Waals surface area contributed by atoms with E-state index in [1.165, 1.54) is 6.26 Å². The number of benzene rings is 1. The molecule has 0 aromatic heterocycles. The minimum atomic E-state index is -3.17. The molecule has 1 heterocycles. The maximum absolute atomic E-state index is 12.0. The van der Waals surface area contributed by atoms with Crippen LogP contribution in [0.15, 0.2) is 29.2 Å². The first kappa shape index (κ1) is 25.7. The first-order valence-corrected chi connectivity index (χ1v) is 12.7. The van der Waals surface area contributed by atoms with Crippen molar-refractivity contribution in [2.45, 2.75) is 56.6 Å². The Kier molecular flexibility index (Phi) is 9.45. The van der Waals surface area contributed by atoms with E-state index in [-0.39, 0.29) is 24.6 Å². The molecule has 0 radical (unpaired) electrons. The minimum absolute atomic E-state index is 0. The molecule has 0 spiro atoms. The van der Waals surface area contributed by atoms with E-state index < -0.39 is 9.84 Å². The smallest absolute Gasteiger partial charge is 0.410 e. The van der Waals surface area contributed by atoms with Crippen molar-refractivity contribution in [2.24, 2.45) is 5.92 Å². The molecule has 2 aliphatic rings. The Labute approximate surface area is 192 Å². The van der Waals surface area contributed by atoms with Crippen LogP contribution in [-0.4, -0.2) is 75.5 Å². The molecule has 31 heavy (non-hydrogen) atoms.